The molecule has 1 aliphatic rings. The van der Waals surface area contributed by atoms with E-state index < -0.39 is 6.04 Å². The third kappa shape index (κ3) is 5.18. The van der Waals surface area contributed by atoms with Crippen molar-refractivity contribution in [2.24, 2.45) is 0 Å². The number of rotatable bonds is 6. The van der Waals surface area contributed by atoms with Gasteiger partial charge in [0.05, 0.1) is 8.66 Å². The van der Waals surface area contributed by atoms with Gasteiger partial charge in [0.15, 0.2) is 0 Å². The number of hydrogen-bond acceptors (Lipinski definition) is 5. The van der Waals surface area contributed by atoms with Crippen molar-refractivity contribution in [1.82, 2.24) is 15.5 Å². The van der Waals surface area contributed by atoms with Crippen molar-refractivity contribution >= 4 is 56.3 Å². The van der Waals surface area contributed by atoms with Crippen LogP contribution in [0.4, 0.5) is 0 Å². The number of nitrogens with one attached hydrogen (secondary N) is 2. The van der Waals surface area contributed by atoms with Gasteiger partial charge in [0.2, 0.25) is 11.8 Å². The summed E-state index contributed by atoms with van der Waals surface area (Å²) in [5.74, 6) is -0.554. The number of nitrogens with zero attached hydrogens (tertiary/aromatic N) is 1. The molecule has 1 atom stereocenters. The Morgan fingerprint density at radius 2 is 2.11 bits per heavy atom. The van der Waals surface area contributed by atoms with E-state index in [-0.39, 0.29) is 30.7 Å². The van der Waals surface area contributed by atoms with Crippen LogP contribution in [0.5, 0.6) is 0 Å². The molecule has 0 aromatic carbocycles. The van der Waals surface area contributed by atoms with E-state index in [4.69, 9.17) is 0 Å². The van der Waals surface area contributed by atoms with Gasteiger partial charge in [-0.25, -0.2) is 0 Å². The van der Waals surface area contributed by atoms with Crippen LogP contribution < -0.4 is 10.6 Å². The maximum absolute atomic E-state index is 12.4. The Labute approximate surface area is 174 Å². The van der Waals surface area contributed by atoms with Gasteiger partial charge < -0.3 is 15.5 Å². The molecule has 1 unspecified atom stereocenters. The molecule has 0 aliphatic carbocycles. The zero-order chi connectivity index (χ0) is 19.4. The molecule has 2 aromatic rings. The van der Waals surface area contributed by atoms with Crippen molar-refractivity contribution in [3.63, 3.8) is 0 Å². The molecule has 2 aromatic heterocycles. The van der Waals surface area contributed by atoms with Crippen LogP contribution in [-0.2, 0) is 22.6 Å². The molecule has 0 bridgehead atoms. The topological polar surface area (TPSA) is 78.5 Å². The highest BCUT2D eigenvalue weighted by atomic mass is 79.9. The molecule has 27 heavy (non-hydrogen) atoms. The lowest BCUT2D eigenvalue weighted by atomic mass is 10.1. The fraction of sp³-hybridized carbons (Fsp3) is 0.389. The van der Waals surface area contributed by atoms with E-state index in [1.54, 1.807) is 30.4 Å². The molecule has 6 nitrogen and oxygen atoms in total. The number of carbonyl (C=O) groups is 3. The van der Waals surface area contributed by atoms with Crippen LogP contribution in [0.1, 0.15) is 33.5 Å². The second kappa shape index (κ2) is 8.99. The molecule has 0 fully saturated rings. The summed E-state index contributed by atoms with van der Waals surface area (Å²) >= 11 is 6.35. The van der Waals surface area contributed by atoms with Crippen molar-refractivity contribution < 1.29 is 14.4 Å². The van der Waals surface area contributed by atoms with E-state index in [9.17, 15) is 14.4 Å². The normalized spacial score (nSPS) is 14.4. The molecule has 3 amide bonds. The standard InChI is InChI=1S/C18H20BrN3O3S2/c1-11(21-18(25)14-2-3-15(19)27-14)17(24)20-7-4-16(23)22-8-5-13-12(10-22)6-9-26-13/h2-3,6,9,11H,4-5,7-8,10H2,1H3,(H,20,24)(H,21,25). The van der Waals surface area contributed by atoms with Crippen molar-refractivity contribution in [3.05, 3.63) is 42.7 Å². The third-order valence-electron chi connectivity index (χ3n) is 4.34. The fourth-order valence-corrected chi connectivity index (χ4v) is 5.01. The lowest BCUT2D eigenvalue weighted by Crippen LogP contribution is -2.45. The molecule has 0 spiro atoms. The third-order valence-corrected chi connectivity index (χ3v) is 6.98. The van der Waals surface area contributed by atoms with Gasteiger partial charge in [-0.3, -0.25) is 14.4 Å². The minimum absolute atomic E-state index is 0.0345. The first kappa shape index (κ1) is 20.0. The van der Waals surface area contributed by atoms with Crippen LogP contribution in [0, 0.1) is 0 Å². The molecular formula is C18H20BrN3O3S2. The summed E-state index contributed by atoms with van der Waals surface area (Å²) in [5.41, 5.74) is 1.22. The Balaban J connectivity index is 1.40. The number of thiophene rings is 2. The zero-order valence-electron chi connectivity index (χ0n) is 14.8. The highest BCUT2D eigenvalue weighted by molar-refractivity contribution is 9.11. The van der Waals surface area contributed by atoms with Gasteiger partial charge in [0, 0.05) is 30.9 Å². The Hall–Kier alpha value is -1.71. The van der Waals surface area contributed by atoms with Crippen molar-refractivity contribution in [2.75, 3.05) is 13.1 Å². The molecule has 144 valence electrons. The molecular weight excluding hydrogens is 450 g/mol. The second-order valence-corrected chi connectivity index (χ2v) is 9.74. The SMILES string of the molecule is CC(NC(=O)c1ccc(Br)s1)C(=O)NCCC(=O)N1CCc2sccc2C1. The number of carbonyl (C=O) groups excluding carboxylic acids is 3. The van der Waals surface area contributed by atoms with Crippen LogP contribution in [0.15, 0.2) is 27.4 Å². The first-order valence-electron chi connectivity index (χ1n) is 8.61. The monoisotopic (exact) mass is 469 g/mol. The van der Waals surface area contributed by atoms with Crippen LogP contribution in [0.25, 0.3) is 0 Å². The van der Waals surface area contributed by atoms with E-state index in [0.717, 1.165) is 16.8 Å². The smallest absolute Gasteiger partial charge is 0.262 e. The summed E-state index contributed by atoms with van der Waals surface area (Å²) in [6.45, 7) is 3.26. The van der Waals surface area contributed by atoms with Crippen molar-refractivity contribution in [3.8, 4) is 0 Å². The van der Waals surface area contributed by atoms with Gasteiger partial charge in [0.1, 0.15) is 6.04 Å². The van der Waals surface area contributed by atoms with Crippen LogP contribution in [-0.4, -0.2) is 41.8 Å². The summed E-state index contributed by atoms with van der Waals surface area (Å²) < 4.78 is 0.857. The molecule has 3 rings (SSSR count). The summed E-state index contributed by atoms with van der Waals surface area (Å²) in [5, 5.41) is 7.45. The number of amides is 3. The first-order chi connectivity index (χ1) is 12.9. The predicted octanol–water partition coefficient (Wildman–Crippen LogP) is 2.78. The summed E-state index contributed by atoms with van der Waals surface area (Å²) in [4.78, 5) is 40.3. The van der Waals surface area contributed by atoms with Crippen molar-refractivity contribution in [2.45, 2.75) is 32.4 Å². The van der Waals surface area contributed by atoms with Crippen molar-refractivity contribution in [1.29, 1.82) is 0 Å². The minimum atomic E-state index is -0.670. The molecule has 0 saturated heterocycles. The fourth-order valence-electron chi connectivity index (χ4n) is 2.83. The molecule has 1 aliphatic heterocycles. The van der Waals surface area contributed by atoms with Crippen LogP contribution >= 0.6 is 38.6 Å². The van der Waals surface area contributed by atoms with E-state index in [1.165, 1.54) is 21.8 Å². The van der Waals surface area contributed by atoms with Crippen LogP contribution in [0.3, 0.4) is 0 Å². The number of fused-ring (bicyclic) bond motifs is 1. The largest absolute Gasteiger partial charge is 0.354 e. The van der Waals surface area contributed by atoms with Gasteiger partial charge in [-0.2, -0.15) is 0 Å². The zero-order valence-corrected chi connectivity index (χ0v) is 18.0. The molecule has 0 saturated carbocycles. The highest BCUT2D eigenvalue weighted by Crippen LogP contribution is 2.24. The lowest BCUT2D eigenvalue weighted by molar-refractivity contribution is -0.132. The number of halogens is 1. The predicted molar refractivity (Wildman–Crippen MR) is 110 cm³/mol. The summed E-state index contributed by atoms with van der Waals surface area (Å²) in [7, 11) is 0. The maximum atomic E-state index is 12.4. The van der Waals surface area contributed by atoms with Crippen LogP contribution in [0.2, 0.25) is 0 Å². The quantitative estimate of drug-likeness (QED) is 0.682. The molecule has 3 heterocycles. The Kier molecular flexibility index (Phi) is 6.67. The second-order valence-electron chi connectivity index (χ2n) is 6.27. The molecule has 0 radical (unpaired) electrons. The van der Waals surface area contributed by atoms with Gasteiger partial charge >= 0.3 is 0 Å². The van der Waals surface area contributed by atoms with Gasteiger partial charge in [0.25, 0.3) is 5.91 Å². The lowest BCUT2D eigenvalue weighted by Gasteiger charge is -2.27. The average Bonchev–Trinajstić information content (AvgIpc) is 3.29. The Morgan fingerprint density at radius 3 is 2.85 bits per heavy atom. The average molecular weight is 470 g/mol. The van der Waals surface area contributed by atoms with E-state index in [0.29, 0.717) is 11.4 Å². The molecule has 2 N–H and O–H groups in total. The summed E-state index contributed by atoms with van der Waals surface area (Å²) in [6.07, 6.45) is 1.15. The Morgan fingerprint density at radius 1 is 1.30 bits per heavy atom. The number of hydrogen-bond donors (Lipinski definition) is 2. The summed E-state index contributed by atoms with van der Waals surface area (Å²) in [6, 6.07) is 4.88. The Bertz CT molecular complexity index is 849. The van der Waals surface area contributed by atoms with E-state index in [1.807, 2.05) is 4.90 Å². The maximum Gasteiger partial charge on any atom is 0.262 e. The van der Waals surface area contributed by atoms with Gasteiger partial charge in [-0.05, 0) is 58.4 Å². The minimum Gasteiger partial charge on any atom is -0.354 e. The van der Waals surface area contributed by atoms with Gasteiger partial charge in [-0.15, -0.1) is 22.7 Å². The first-order valence-corrected chi connectivity index (χ1v) is 11.1. The molecule has 9 heteroatoms. The highest BCUT2D eigenvalue weighted by Gasteiger charge is 2.22. The van der Waals surface area contributed by atoms with E-state index >= 15 is 0 Å². The van der Waals surface area contributed by atoms with E-state index in [2.05, 4.69) is 38.0 Å². The van der Waals surface area contributed by atoms with Gasteiger partial charge in [-0.1, -0.05) is 0 Å².